The molecule has 1 aliphatic heterocycles. The lowest BCUT2D eigenvalue weighted by atomic mass is 9.99. The Labute approximate surface area is 133 Å². The fourth-order valence-corrected chi connectivity index (χ4v) is 2.26. The molecule has 1 aromatic carbocycles. The third kappa shape index (κ3) is 4.97. The summed E-state index contributed by atoms with van der Waals surface area (Å²) in [4.78, 5) is 0. The zero-order valence-electron chi connectivity index (χ0n) is 14.1. The molecule has 0 spiro atoms. The monoisotopic (exact) mass is 308 g/mol. The van der Waals surface area contributed by atoms with Gasteiger partial charge >= 0.3 is 0 Å². The lowest BCUT2D eigenvalue weighted by Gasteiger charge is -2.30. The molecule has 1 fully saturated rings. The van der Waals surface area contributed by atoms with Gasteiger partial charge in [-0.1, -0.05) is 39.8 Å². The Morgan fingerprint density at radius 3 is 2.41 bits per heavy atom. The summed E-state index contributed by atoms with van der Waals surface area (Å²) in [6.07, 6.45) is 0.443. The maximum atomic E-state index is 5.99. The second-order valence-electron chi connectivity index (χ2n) is 6.12. The van der Waals surface area contributed by atoms with Crippen molar-refractivity contribution in [3.05, 3.63) is 29.8 Å². The van der Waals surface area contributed by atoms with Crippen molar-refractivity contribution < 1.29 is 18.9 Å². The van der Waals surface area contributed by atoms with Gasteiger partial charge in [0.25, 0.3) is 0 Å². The summed E-state index contributed by atoms with van der Waals surface area (Å²) >= 11 is 0. The van der Waals surface area contributed by atoms with Crippen LogP contribution in [0.2, 0.25) is 0 Å². The van der Waals surface area contributed by atoms with Crippen LogP contribution in [-0.4, -0.2) is 32.4 Å². The topological polar surface area (TPSA) is 36.9 Å². The molecule has 0 amide bonds. The molecule has 0 N–H and O–H groups in total. The first-order valence-corrected chi connectivity index (χ1v) is 8.21. The first kappa shape index (κ1) is 17.3. The van der Waals surface area contributed by atoms with E-state index in [-0.39, 0.29) is 18.5 Å². The molecular weight excluding hydrogens is 280 g/mol. The molecule has 3 unspecified atom stereocenters. The van der Waals surface area contributed by atoms with Crippen LogP contribution in [0.4, 0.5) is 0 Å². The predicted molar refractivity (Wildman–Crippen MR) is 86.0 cm³/mol. The molecule has 124 valence electrons. The highest BCUT2D eigenvalue weighted by Crippen LogP contribution is 2.24. The quantitative estimate of drug-likeness (QED) is 0.715. The van der Waals surface area contributed by atoms with Gasteiger partial charge in [-0.2, -0.15) is 0 Å². The van der Waals surface area contributed by atoms with Crippen molar-refractivity contribution in [3.63, 3.8) is 0 Å². The van der Waals surface area contributed by atoms with Gasteiger partial charge < -0.3 is 18.9 Å². The largest absolute Gasteiger partial charge is 0.465 e. The molecule has 22 heavy (non-hydrogen) atoms. The second-order valence-corrected chi connectivity index (χ2v) is 6.12. The molecule has 0 radical (unpaired) electrons. The summed E-state index contributed by atoms with van der Waals surface area (Å²) in [5, 5.41) is 0. The predicted octanol–water partition coefficient (Wildman–Crippen LogP) is 3.95. The van der Waals surface area contributed by atoms with Crippen molar-refractivity contribution in [2.45, 2.75) is 52.6 Å². The summed E-state index contributed by atoms with van der Waals surface area (Å²) in [5.74, 6) is 1.61. The first-order valence-electron chi connectivity index (χ1n) is 8.21. The van der Waals surface area contributed by atoms with Crippen molar-refractivity contribution in [2.24, 2.45) is 5.92 Å². The Kier molecular flexibility index (Phi) is 6.68. The second kappa shape index (κ2) is 8.51. The number of hydrogen-bond donors (Lipinski definition) is 0. The smallest absolute Gasteiger partial charge is 0.204 e. The van der Waals surface area contributed by atoms with Crippen LogP contribution in [0.3, 0.4) is 0 Å². The molecule has 3 atom stereocenters. The minimum atomic E-state index is -0.347. The van der Waals surface area contributed by atoms with Crippen LogP contribution in [-0.2, 0) is 14.2 Å². The van der Waals surface area contributed by atoms with Crippen molar-refractivity contribution in [2.75, 3.05) is 19.8 Å². The average Bonchev–Trinajstić information content (AvgIpc) is 2.55. The summed E-state index contributed by atoms with van der Waals surface area (Å²) < 4.78 is 22.8. The van der Waals surface area contributed by atoms with Crippen LogP contribution >= 0.6 is 0 Å². The van der Waals surface area contributed by atoms with Gasteiger partial charge in [0.1, 0.15) is 5.75 Å². The van der Waals surface area contributed by atoms with Gasteiger partial charge in [0.15, 0.2) is 6.29 Å². The summed E-state index contributed by atoms with van der Waals surface area (Å²) in [7, 11) is 0. The van der Waals surface area contributed by atoms with E-state index in [0.29, 0.717) is 25.7 Å². The molecule has 4 heteroatoms. The van der Waals surface area contributed by atoms with E-state index in [4.69, 9.17) is 18.9 Å². The van der Waals surface area contributed by atoms with Gasteiger partial charge in [0.2, 0.25) is 6.29 Å². The highest BCUT2D eigenvalue weighted by Gasteiger charge is 2.24. The Hall–Kier alpha value is -1.10. The van der Waals surface area contributed by atoms with E-state index >= 15 is 0 Å². The molecule has 0 aromatic heterocycles. The maximum Gasteiger partial charge on any atom is 0.204 e. The van der Waals surface area contributed by atoms with E-state index in [1.54, 1.807) is 0 Å². The third-order valence-corrected chi connectivity index (χ3v) is 3.93. The highest BCUT2D eigenvalue weighted by atomic mass is 16.8. The average molecular weight is 308 g/mol. The molecule has 2 rings (SSSR count). The highest BCUT2D eigenvalue weighted by molar-refractivity contribution is 5.29. The molecule has 1 aromatic rings. The molecular formula is C18H28O4. The Bertz CT molecular complexity index is 423. The van der Waals surface area contributed by atoms with Crippen molar-refractivity contribution in [3.8, 4) is 5.75 Å². The van der Waals surface area contributed by atoms with Crippen LogP contribution in [0.15, 0.2) is 24.3 Å². The van der Waals surface area contributed by atoms with Gasteiger partial charge in [0, 0.05) is 5.92 Å². The maximum absolute atomic E-state index is 5.99. The summed E-state index contributed by atoms with van der Waals surface area (Å²) in [6.45, 7) is 10.2. The number of ether oxygens (including phenoxy) is 4. The Balaban J connectivity index is 1.95. The van der Waals surface area contributed by atoms with E-state index in [2.05, 4.69) is 39.8 Å². The molecule has 0 bridgehead atoms. The number of benzene rings is 1. The van der Waals surface area contributed by atoms with Crippen LogP contribution in [0.1, 0.15) is 45.6 Å². The molecule has 4 nitrogen and oxygen atoms in total. The molecule has 1 saturated heterocycles. The van der Waals surface area contributed by atoms with Crippen LogP contribution < -0.4 is 4.74 Å². The van der Waals surface area contributed by atoms with Gasteiger partial charge in [-0.3, -0.25) is 0 Å². The van der Waals surface area contributed by atoms with E-state index in [1.165, 1.54) is 5.56 Å². The zero-order chi connectivity index (χ0) is 15.9. The Morgan fingerprint density at radius 1 is 1.14 bits per heavy atom. The molecule has 1 aliphatic rings. The number of rotatable bonds is 7. The van der Waals surface area contributed by atoms with Gasteiger partial charge in [0.05, 0.1) is 19.8 Å². The summed E-state index contributed by atoms with van der Waals surface area (Å²) in [5.41, 5.74) is 1.33. The fraction of sp³-hybridized carbons (Fsp3) is 0.667. The van der Waals surface area contributed by atoms with Crippen LogP contribution in [0, 0.1) is 5.92 Å². The van der Waals surface area contributed by atoms with E-state index < -0.39 is 0 Å². The van der Waals surface area contributed by atoms with Crippen LogP contribution in [0.25, 0.3) is 0 Å². The third-order valence-electron chi connectivity index (χ3n) is 3.93. The minimum Gasteiger partial charge on any atom is -0.465 e. The molecule has 0 aliphatic carbocycles. The van der Waals surface area contributed by atoms with Crippen LogP contribution in [0.5, 0.6) is 5.75 Å². The van der Waals surface area contributed by atoms with Gasteiger partial charge in [-0.15, -0.1) is 0 Å². The summed E-state index contributed by atoms with van der Waals surface area (Å²) in [6, 6.07) is 8.28. The standard InChI is InChI=1S/C18H28O4/c1-5-14(4)15-6-8-16(9-7-15)21-18(13(2)3)22-17-12-19-10-11-20-17/h6-9,13-14,17-18H,5,10-12H2,1-4H3. The normalized spacial score (nSPS) is 21.6. The first-order chi connectivity index (χ1) is 10.6. The number of hydrogen-bond acceptors (Lipinski definition) is 4. The van der Waals surface area contributed by atoms with E-state index in [1.807, 2.05) is 12.1 Å². The van der Waals surface area contributed by atoms with Crippen molar-refractivity contribution in [1.82, 2.24) is 0 Å². The molecule has 0 saturated carbocycles. The zero-order valence-corrected chi connectivity index (χ0v) is 14.1. The van der Waals surface area contributed by atoms with Gasteiger partial charge in [-0.25, -0.2) is 0 Å². The SMILES string of the molecule is CCC(C)c1ccc(OC(OC2COCCO2)C(C)C)cc1. The van der Waals surface area contributed by atoms with E-state index in [0.717, 1.165) is 12.2 Å². The lowest BCUT2D eigenvalue weighted by Crippen LogP contribution is -2.38. The lowest BCUT2D eigenvalue weighted by molar-refractivity contribution is -0.270. The fourth-order valence-electron chi connectivity index (χ4n) is 2.26. The molecule has 1 heterocycles. The van der Waals surface area contributed by atoms with E-state index in [9.17, 15) is 0 Å². The van der Waals surface area contributed by atoms with Crippen molar-refractivity contribution >= 4 is 0 Å². The van der Waals surface area contributed by atoms with Gasteiger partial charge in [-0.05, 0) is 30.0 Å². The van der Waals surface area contributed by atoms with Crippen molar-refractivity contribution in [1.29, 1.82) is 0 Å². The Morgan fingerprint density at radius 2 is 1.86 bits per heavy atom. The minimum absolute atomic E-state index is 0.222.